The fourth-order valence-electron chi connectivity index (χ4n) is 1.82. The molecular formula is C14H19F2N3O3. The third kappa shape index (κ3) is 4.64. The molecule has 0 bridgehead atoms. The van der Waals surface area contributed by atoms with Crippen LogP contribution in [0.3, 0.4) is 0 Å². The summed E-state index contributed by atoms with van der Waals surface area (Å²) in [6, 6.07) is 0.438. The van der Waals surface area contributed by atoms with Gasteiger partial charge in [0.1, 0.15) is 11.7 Å². The molecule has 0 aliphatic heterocycles. The van der Waals surface area contributed by atoms with Gasteiger partial charge in [-0.15, -0.1) is 0 Å². The molecule has 1 aromatic heterocycles. The van der Waals surface area contributed by atoms with E-state index in [1.807, 2.05) is 0 Å². The Hall–Kier alpha value is -2.25. The molecule has 0 aliphatic rings. The van der Waals surface area contributed by atoms with Crippen LogP contribution >= 0.6 is 0 Å². The molecule has 1 N–H and O–H groups in total. The second-order valence-corrected chi connectivity index (χ2v) is 4.70. The Labute approximate surface area is 127 Å². The first-order valence-electron chi connectivity index (χ1n) is 6.76. The summed E-state index contributed by atoms with van der Waals surface area (Å²) in [6.45, 7) is 6.55. The van der Waals surface area contributed by atoms with Gasteiger partial charge in [-0.3, -0.25) is 9.48 Å². The van der Waals surface area contributed by atoms with Crippen molar-refractivity contribution in [1.29, 1.82) is 0 Å². The van der Waals surface area contributed by atoms with E-state index in [1.165, 1.54) is 24.6 Å². The lowest BCUT2D eigenvalue weighted by Gasteiger charge is -2.14. The van der Waals surface area contributed by atoms with E-state index >= 15 is 0 Å². The van der Waals surface area contributed by atoms with Crippen LogP contribution in [0.25, 0.3) is 0 Å². The number of rotatable bonds is 6. The predicted octanol–water partition coefficient (Wildman–Crippen LogP) is 2.27. The summed E-state index contributed by atoms with van der Waals surface area (Å²) in [5, 5.41) is 6.23. The van der Waals surface area contributed by atoms with E-state index < -0.39 is 24.3 Å². The zero-order valence-electron chi connectivity index (χ0n) is 12.9. The van der Waals surface area contributed by atoms with Crippen LogP contribution in [-0.4, -0.2) is 28.3 Å². The fraction of sp³-hybridized carbons (Fsp3) is 0.500. The molecule has 1 amide bonds. The first-order chi connectivity index (χ1) is 10.3. The second-order valence-electron chi connectivity index (χ2n) is 4.70. The molecular weight excluding hydrogens is 296 g/mol. The second kappa shape index (κ2) is 7.67. The SMILES string of the molecule is CCOC(=O)/C=C(\C)NC(=O)C(C)n1nc(C(F)F)cc1C. The predicted molar refractivity (Wildman–Crippen MR) is 75.2 cm³/mol. The van der Waals surface area contributed by atoms with E-state index in [4.69, 9.17) is 4.74 Å². The number of halogens is 2. The van der Waals surface area contributed by atoms with Crippen LogP contribution < -0.4 is 5.32 Å². The quantitative estimate of drug-likeness (QED) is 0.645. The maximum Gasteiger partial charge on any atom is 0.332 e. The first kappa shape index (κ1) is 17.8. The number of carbonyl (C=O) groups is 2. The Morgan fingerprint density at radius 2 is 2.14 bits per heavy atom. The van der Waals surface area contributed by atoms with Gasteiger partial charge < -0.3 is 10.1 Å². The third-order valence-corrected chi connectivity index (χ3v) is 2.85. The monoisotopic (exact) mass is 315 g/mol. The highest BCUT2D eigenvalue weighted by molar-refractivity contribution is 5.86. The van der Waals surface area contributed by atoms with Crippen molar-refractivity contribution < 1.29 is 23.1 Å². The number of hydrogen-bond donors (Lipinski definition) is 1. The van der Waals surface area contributed by atoms with Crippen molar-refractivity contribution in [2.75, 3.05) is 6.61 Å². The van der Waals surface area contributed by atoms with E-state index in [9.17, 15) is 18.4 Å². The van der Waals surface area contributed by atoms with Gasteiger partial charge in [0.25, 0.3) is 6.43 Å². The minimum absolute atomic E-state index is 0.232. The molecule has 1 unspecified atom stereocenters. The highest BCUT2D eigenvalue weighted by Gasteiger charge is 2.21. The number of aryl methyl sites for hydroxylation is 1. The summed E-state index contributed by atoms with van der Waals surface area (Å²) in [5.41, 5.74) is 0.370. The molecule has 0 saturated heterocycles. The number of aromatic nitrogens is 2. The summed E-state index contributed by atoms with van der Waals surface area (Å²) in [4.78, 5) is 23.3. The van der Waals surface area contributed by atoms with Crippen molar-refractivity contribution in [3.05, 3.63) is 29.2 Å². The lowest BCUT2D eigenvalue weighted by atomic mass is 10.3. The van der Waals surface area contributed by atoms with Gasteiger partial charge in [-0.1, -0.05) is 0 Å². The van der Waals surface area contributed by atoms with Gasteiger partial charge in [0.05, 0.1) is 6.61 Å². The van der Waals surface area contributed by atoms with Crippen molar-refractivity contribution in [1.82, 2.24) is 15.1 Å². The minimum atomic E-state index is -2.69. The zero-order chi connectivity index (χ0) is 16.9. The van der Waals surface area contributed by atoms with Crippen LogP contribution in [0, 0.1) is 6.92 Å². The number of hydrogen-bond acceptors (Lipinski definition) is 4. The minimum Gasteiger partial charge on any atom is -0.463 e. The van der Waals surface area contributed by atoms with Gasteiger partial charge in [-0.25, -0.2) is 13.6 Å². The fourth-order valence-corrected chi connectivity index (χ4v) is 1.82. The molecule has 6 nitrogen and oxygen atoms in total. The number of ether oxygens (including phenoxy) is 1. The standard InChI is InChI=1S/C14H19F2N3O3/c1-5-22-12(20)6-8(2)17-14(21)10(4)19-9(3)7-11(18-19)13(15)16/h6-7,10,13H,5H2,1-4H3,(H,17,21)/b8-6+. The van der Waals surface area contributed by atoms with E-state index in [0.717, 1.165) is 6.08 Å². The Balaban J connectivity index is 2.79. The first-order valence-corrected chi connectivity index (χ1v) is 6.76. The topological polar surface area (TPSA) is 73.2 Å². The number of allylic oxidation sites excluding steroid dienone is 1. The molecule has 1 atom stereocenters. The molecule has 0 saturated carbocycles. The Morgan fingerprint density at radius 3 is 2.64 bits per heavy atom. The molecule has 22 heavy (non-hydrogen) atoms. The molecule has 1 heterocycles. The van der Waals surface area contributed by atoms with Gasteiger partial charge in [0.15, 0.2) is 0 Å². The van der Waals surface area contributed by atoms with Gasteiger partial charge in [-0.2, -0.15) is 5.10 Å². The third-order valence-electron chi connectivity index (χ3n) is 2.85. The van der Waals surface area contributed by atoms with Crippen molar-refractivity contribution in [2.45, 2.75) is 40.2 Å². The van der Waals surface area contributed by atoms with Gasteiger partial charge in [-0.05, 0) is 33.8 Å². The smallest absolute Gasteiger partial charge is 0.332 e. The van der Waals surface area contributed by atoms with E-state index in [1.54, 1.807) is 13.8 Å². The van der Waals surface area contributed by atoms with Crippen molar-refractivity contribution in [3.63, 3.8) is 0 Å². The number of alkyl halides is 2. The van der Waals surface area contributed by atoms with E-state index in [0.29, 0.717) is 11.4 Å². The van der Waals surface area contributed by atoms with Crippen LogP contribution in [-0.2, 0) is 14.3 Å². The Morgan fingerprint density at radius 1 is 1.50 bits per heavy atom. The molecule has 0 aliphatic carbocycles. The summed E-state index contributed by atoms with van der Waals surface area (Å²) >= 11 is 0. The highest BCUT2D eigenvalue weighted by Crippen LogP contribution is 2.20. The van der Waals surface area contributed by atoms with Crippen molar-refractivity contribution in [3.8, 4) is 0 Å². The average molecular weight is 315 g/mol. The maximum atomic E-state index is 12.6. The molecule has 122 valence electrons. The lowest BCUT2D eigenvalue weighted by molar-refractivity contribution is -0.137. The van der Waals surface area contributed by atoms with Crippen LogP contribution in [0.2, 0.25) is 0 Å². The highest BCUT2D eigenvalue weighted by atomic mass is 19.3. The van der Waals surface area contributed by atoms with Crippen molar-refractivity contribution in [2.24, 2.45) is 0 Å². The van der Waals surface area contributed by atoms with Crippen LogP contribution in [0.4, 0.5) is 8.78 Å². The lowest BCUT2D eigenvalue weighted by Crippen LogP contribution is -2.31. The largest absolute Gasteiger partial charge is 0.463 e. The average Bonchev–Trinajstić information content (AvgIpc) is 2.80. The molecule has 0 radical (unpaired) electrons. The summed E-state index contributed by atoms with van der Waals surface area (Å²) in [6.07, 6.45) is -1.55. The summed E-state index contributed by atoms with van der Waals surface area (Å²) in [5.74, 6) is -1.03. The van der Waals surface area contributed by atoms with Gasteiger partial charge >= 0.3 is 5.97 Å². The molecule has 0 fully saturated rings. The number of nitrogens with one attached hydrogen (secondary N) is 1. The molecule has 1 rings (SSSR count). The Kier molecular flexibility index (Phi) is 6.21. The molecule has 0 spiro atoms. The van der Waals surface area contributed by atoms with Crippen LogP contribution in [0.1, 0.15) is 44.6 Å². The number of carbonyl (C=O) groups excluding carboxylic acids is 2. The molecule has 1 aromatic rings. The van der Waals surface area contributed by atoms with E-state index in [2.05, 4.69) is 10.4 Å². The van der Waals surface area contributed by atoms with E-state index in [-0.39, 0.29) is 12.3 Å². The normalized spacial score (nSPS) is 13.1. The summed E-state index contributed by atoms with van der Waals surface area (Å²) in [7, 11) is 0. The number of amides is 1. The molecule has 0 aromatic carbocycles. The maximum absolute atomic E-state index is 12.6. The van der Waals surface area contributed by atoms with Crippen LogP contribution in [0.15, 0.2) is 17.8 Å². The van der Waals surface area contributed by atoms with Crippen LogP contribution in [0.5, 0.6) is 0 Å². The number of esters is 1. The number of nitrogens with zero attached hydrogens (tertiary/aromatic N) is 2. The van der Waals surface area contributed by atoms with Gasteiger partial charge in [0.2, 0.25) is 5.91 Å². The van der Waals surface area contributed by atoms with Gasteiger partial charge in [0, 0.05) is 17.5 Å². The summed E-state index contributed by atoms with van der Waals surface area (Å²) < 4.78 is 31.2. The Bertz CT molecular complexity index is 582. The molecule has 8 heteroatoms. The zero-order valence-corrected chi connectivity index (χ0v) is 12.9. The van der Waals surface area contributed by atoms with Crippen molar-refractivity contribution >= 4 is 11.9 Å².